The van der Waals surface area contributed by atoms with E-state index in [0.717, 1.165) is 19.3 Å². The molecular weight excluding hydrogens is 788 g/mol. The van der Waals surface area contributed by atoms with Crippen LogP contribution in [0.25, 0.3) is 0 Å². The summed E-state index contributed by atoms with van der Waals surface area (Å²) in [4.78, 5) is 10.2. The van der Waals surface area contributed by atoms with Gasteiger partial charge in [0.05, 0.1) is 34.4 Å². The van der Waals surface area contributed by atoms with Crippen LogP contribution in [-0.4, -0.2) is 100 Å². The molecule has 0 aliphatic heterocycles. The fourth-order valence-corrected chi connectivity index (χ4v) is 7.40. The van der Waals surface area contributed by atoms with Crippen LogP contribution in [0.15, 0.2) is 0 Å². The molecule has 2 radical (unpaired) electrons. The Morgan fingerprint density at radius 2 is 0.774 bits per heavy atom. The van der Waals surface area contributed by atoms with Gasteiger partial charge >= 0.3 is 31.7 Å². The number of phosphoric acid groups is 1. The molecule has 0 saturated heterocycles. The fraction of sp³-hybridized carbons (Fsp3) is 1.00. The van der Waals surface area contributed by atoms with Crippen LogP contribution in [0.1, 0.15) is 219 Å². The molecule has 9 heteroatoms. The van der Waals surface area contributed by atoms with Crippen molar-refractivity contribution >= 4 is 31.7 Å². The predicted molar refractivity (Wildman–Crippen MR) is 233 cm³/mol. The number of hydrogen-bond donors (Lipinski definition) is 1. The van der Waals surface area contributed by atoms with E-state index in [1.165, 1.54) is 186 Å². The first-order valence-electron chi connectivity index (χ1n) is 22.8. The standard InChI is InChI=1S/C44H92NO6P.Sn.2H/c1-6-8-10-12-14-16-18-20-22-24-26-28-30-32-34-36-39-48-42-44(43-51-52(46,47)50-41-38-45(3,4)5)49-40-37-35-33-31-29-27-25-23-21-19-17-15-13-11-9-7-2;;;/h44H,6-43H2,1-5H3;;;/p+1. The van der Waals surface area contributed by atoms with Crippen LogP contribution in [0.3, 0.4) is 0 Å². The van der Waals surface area contributed by atoms with Crippen LogP contribution in [0.2, 0.25) is 0 Å². The summed E-state index contributed by atoms with van der Waals surface area (Å²) in [6, 6.07) is 0. The van der Waals surface area contributed by atoms with Gasteiger partial charge < -0.3 is 18.9 Å². The molecule has 0 fully saturated rings. The van der Waals surface area contributed by atoms with E-state index in [4.69, 9.17) is 18.5 Å². The molecule has 2 atom stereocenters. The summed E-state index contributed by atoms with van der Waals surface area (Å²) in [5.74, 6) is 0. The summed E-state index contributed by atoms with van der Waals surface area (Å²) in [6.45, 7) is 7.03. The maximum atomic E-state index is 12.5. The summed E-state index contributed by atoms with van der Waals surface area (Å²) in [7, 11) is 1.93. The van der Waals surface area contributed by atoms with Crippen molar-refractivity contribution in [3.8, 4) is 0 Å². The number of phosphoric ester groups is 1. The molecule has 7 nitrogen and oxygen atoms in total. The summed E-state index contributed by atoms with van der Waals surface area (Å²) in [6.07, 6.45) is 42.7. The third kappa shape index (κ3) is 47.1. The zero-order valence-corrected chi connectivity index (χ0v) is 41.5. The molecule has 0 aromatic carbocycles. The molecule has 0 amide bonds. The van der Waals surface area contributed by atoms with E-state index < -0.39 is 7.82 Å². The van der Waals surface area contributed by atoms with Gasteiger partial charge in [0.15, 0.2) is 0 Å². The average molecular weight is 884 g/mol. The van der Waals surface area contributed by atoms with Gasteiger partial charge in [0.25, 0.3) is 0 Å². The Morgan fingerprint density at radius 1 is 0.453 bits per heavy atom. The van der Waals surface area contributed by atoms with Crippen LogP contribution >= 0.6 is 7.82 Å². The summed E-state index contributed by atoms with van der Waals surface area (Å²) < 4.78 is 35.8. The molecule has 1 N–H and O–H groups in total. The third-order valence-electron chi connectivity index (χ3n) is 10.2. The molecule has 0 rings (SSSR count). The first-order chi connectivity index (χ1) is 25.2. The van der Waals surface area contributed by atoms with Crippen molar-refractivity contribution in [3.05, 3.63) is 0 Å². The van der Waals surface area contributed by atoms with Crippen molar-refractivity contribution in [1.29, 1.82) is 0 Å². The number of quaternary nitrogens is 1. The first kappa shape index (κ1) is 55.9. The average Bonchev–Trinajstić information content (AvgIpc) is 3.10. The Morgan fingerprint density at radius 3 is 1.11 bits per heavy atom. The van der Waals surface area contributed by atoms with Gasteiger partial charge in [0.1, 0.15) is 19.3 Å². The van der Waals surface area contributed by atoms with Crippen LogP contribution in [0.4, 0.5) is 0 Å². The van der Waals surface area contributed by atoms with Gasteiger partial charge in [-0.25, -0.2) is 4.57 Å². The zero-order chi connectivity index (χ0) is 38.3. The molecule has 0 bridgehead atoms. The number of hydrogen-bond acceptors (Lipinski definition) is 5. The summed E-state index contributed by atoms with van der Waals surface area (Å²) in [5.41, 5.74) is 0. The topological polar surface area (TPSA) is 74.2 Å². The maximum absolute atomic E-state index is 12.5. The molecule has 0 aromatic heterocycles. The van der Waals surface area contributed by atoms with Crippen molar-refractivity contribution in [2.24, 2.45) is 0 Å². The molecule has 2 unspecified atom stereocenters. The Labute approximate surface area is 348 Å². The van der Waals surface area contributed by atoms with Crippen LogP contribution < -0.4 is 0 Å². The van der Waals surface area contributed by atoms with Gasteiger partial charge in [-0.1, -0.05) is 206 Å². The zero-order valence-electron chi connectivity index (χ0n) is 36.5. The van der Waals surface area contributed by atoms with E-state index in [-0.39, 0.29) is 43.2 Å². The Bertz CT molecular complexity index is 756. The SMILES string of the molecule is CCCCCCCCCCCCCCCCCCOCC(COP(=O)(O)OCC[N+](C)(C)C)OCCCCCCCCCCCCCCCCCC.[SnH2]. The molecule has 53 heavy (non-hydrogen) atoms. The fourth-order valence-electron chi connectivity index (χ4n) is 6.66. The second kappa shape index (κ2) is 42.4. The van der Waals surface area contributed by atoms with E-state index in [9.17, 15) is 9.46 Å². The monoisotopic (exact) mass is 885 g/mol. The van der Waals surface area contributed by atoms with Gasteiger partial charge in [-0.2, -0.15) is 0 Å². The molecule has 0 aliphatic carbocycles. The van der Waals surface area contributed by atoms with Gasteiger partial charge in [-0.15, -0.1) is 0 Å². The van der Waals surface area contributed by atoms with E-state index in [2.05, 4.69) is 13.8 Å². The number of likely N-dealkylation sites (N-methyl/N-ethyl adjacent to an activating group) is 1. The van der Waals surface area contributed by atoms with Crippen molar-refractivity contribution in [2.75, 3.05) is 60.7 Å². The molecule has 0 heterocycles. The number of nitrogens with zero attached hydrogens (tertiary/aromatic N) is 1. The molecule has 0 aromatic rings. The van der Waals surface area contributed by atoms with Gasteiger partial charge in [0.2, 0.25) is 0 Å². The molecule has 0 aliphatic rings. The second-order valence-electron chi connectivity index (χ2n) is 16.8. The van der Waals surface area contributed by atoms with Gasteiger partial charge in [-0.3, -0.25) is 9.05 Å². The molecule has 0 saturated carbocycles. The first-order valence-corrected chi connectivity index (χ1v) is 24.3. The molecule has 320 valence electrons. The number of ether oxygens (including phenoxy) is 2. The molecule has 0 spiro atoms. The molecular formula is C44H95NO6PSn+. The van der Waals surface area contributed by atoms with Crippen molar-refractivity contribution in [3.63, 3.8) is 0 Å². The van der Waals surface area contributed by atoms with Crippen molar-refractivity contribution in [1.82, 2.24) is 0 Å². The number of unbranched alkanes of at least 4 members (excludes halogenated alkanes) is 30. The predicted octanol–water partition coefficient (Wildman–Crippen LogP) is 12.8. The van der Waals surface area contributed by atoms with E-state index in [0.29, 0.717) is 30.8 Å². The van der Waals surface area contributed by atoms with E-state index in [1.54, 1.807) is 0 Å². The minimum atomic E-state index is -4.13. The third-order valence-corrected chi connectivity index (χ3v) is 11.2. The Balaban J connectivity index is 0. The Kier molecular flexibility index (Phi) is 44.7. The van der Waals surface area contributed by atoms with Crippen molar-refractivity contribution < 1.29 is 32.5 Å². The van der Waals surface area contributed by atoms with Crippen LogP contribution in [0.5, 0.6) is 0 Å². The minimum absolute atomic E-state index is 0. The van der Waals surface area contributed by atoms with Gasteiger partial charge in [-0.05, 0) is 12.8 Å². The Hall–Kier alpha value is 0.789. The van der Waals surface area contributed by atoms with Crippen LogP contribution in [-0.2, 0) is 23.1 Å². The quantitative estimate of drug-likeness (QED) is 0.0284. The van der Waals surface area contributed by atoms with Gasteiger partial charge in [0, 0.05) is 13.2 Å². The second-order valence-corrected chi connectivity index (χ2v) is 18.2. The van der Waals surface area contributed by atoms with E-state index in [1.807, 2.05) is 21.1 Å². The normalized spacial score (nSPS) is 13.6. The van der Waals surface area contributed by atoms with E-state index >= 15 is 0 Å². The van der Waals surface area contributed by atoms with Crippen LogP contribution in [0, 0.1) is 0 Å². The van der Waals surface area contributed by atoms with Crippen molar-refractivity contribution in [2.45, 2.75) is 225 Å². The summed E-state index contributed by atoms with van der Waals surface area (Å²) in [5, 5.41) is 0. The summed E-state index contributed by atoms with van der Waals surface area (Å²) >= 11 is 0. The number of rotatable bonds is 44.